The van der Waals surface area contributed by atoms with Gasteiger partial charge in [-0.2, -0.15) is 48.8 Å². The van der Waals surface area contributed by atoms with Gasteiger partial charge in [0.2, 0.25) is 0 Å². The molecule has 0 heterocycles. The van der Waals surface area contributed by atoms with Crippen molar-refractivity contribution in [1.29, 1.82) is 0 Å². The second-order valence-electron chi connectivity index (χ2n) is 2.09. The monoisotopic (exact) mass is 238 g/mol. The van der Waals surface area contributed by atoms with E-state index >= 15 is 0 Å². The van der Waals surface area contributed by atoms with Crippen molar-refractivity contribution in [1.82, 2.24) is 0 Å². The third kappa shape index (κ3) is 694. The van der Waals surface area contributed by atoms with Crippen LogP contribution in [-0.4, -0.2) is 48.8 Å². The number of nitrogens with one attached hydrogen (secondary N) is 1. The van der Waals surface area contributed by atoms with Gasteiger partial charge >= 0.3 is 21.7 Å². The van der Waals surface area contributed by atoms with Crippen molar-refractivity contribution in [3.05, 3.63) is 21.7 Å². The first-order chi connectivity index (χ1) is 6.16. The van der Waals surface area contributed by atoms with E-state index in [0.717, 1.165) is 6.42 Å². The Kier molecular flexibility index (Phi) is 145. The Labute approximate surface area is 106 Å². The molecule has 0 amide bonds. The van der Waals surface area contributed by atoms with E-state index in [9.17, 15) is 0 Å². The van der Waals surface area contributed by atoms with Crippen LogP contribution in [0.1, 0.15) is 13.3 Å². The van der Waals surface area contributed by atoms with Gasteiger partial charge in [0.15, 0.2) is 0 Å². The first-order valence-corrected chi connectivity index (χ1v) is 4.24. The third-order valence-electron chi connectivity index (χ3n) is 0.250. The van der Waals surface area contributed by atoms with E-state index in [2.05, 4.69) is 16.0 Å². The van der Waals surface area contributed by atoms with Crippen LogP contribution in [0, 0.1) is 0 Å². The van der Waals surface area contributed by atoms with Gasteiger partial charge in [-0.25, -0.2) is 0 Å². The fraction of sp³-hybridized carbons (Fsp3) is 1.00. The predicted octanol–water partition coefficient (Wildman–Crippen LogP) is 3.31. The van der Waals surface area contributed by atoms with Crippen LogP contribution >= 0.6 is 0 Å². The van der Waals surface area contributed by atoms with Gasteiger partial charge in [-0.05, 0) is 0 Å². The van der Waals surface area contributed by atoms with Crippen LogP contribution in [0.3, 0.4) is 0 Å². The molecule has 0 saturated heterocycles. The molecule has 0 aliphatic heterocycles. The van der Waals surface area contributed by atoms with E-state index < -0.39 is 0 Å². The molecule has 0 unspecified atom stereocenters. The van der Waals surface area contributed by atoms with Crippen molar-refractivity contribution in [2.45, 2.75) is 13.3 Å². The van der Waals surface area contributed by atoms with Gasteiger partial charge in [-0.1, -0.05) is 13.3 Å². The average Bonchev–Trinajstić information content (AvgIpc) is 2.08. The summed E-state index contributed by atoms with van der Waals surface area (Å²) in [5, 5.41) is 10.5. The number of hydrogen-bond acceptors (Lipinski definition) is 0. The van der Waals surface area contributed by atoms with Gasteiger partial charge < -0.3 is 21.7 Å². The van der Waals surface area contributed by atoms with Crippen molar-refractivity contribution in [3.8, 4) is 0 Å². The van der Waals surface area contributed by atoms with Gasteiger partial charge in [0.05, 0.1) is 0 Å². The normalized spacial score (nSPS) is 6.00. The van der Waals surface area contributed by atoms with Crippen molar-refractivity contribution >= 4 is 0 Å². The van der Waals surface area contributed by atoms with Gasteiger partial charge in [-0.15, -0.1) is 0 Å². The number of hydrogen-bond donors (Lipinski definition) is 0. The minimum absolute atomic E-state index is 0. The van der Waals surface area contributed by atoms with Gasteiger partial charge in [0.1, 0.15) is 0 Å². The van der Waals surface area contributed by atoms with Gasteiger partial charge in [-0.3, -0.25) is 0 Å². The quantitative estimate of drug-likeness (QED) is 0.629. The van der Waals surface area contributed by atoms with Gasteiger partial charge in [0.25, 0.3) is 0 Å². The number of rotatable bonds is 1. The summed E-state index contributed by atoms with van der Waals surface area (Å²) in [6, 6.07) is 0. The van der Waals surface area contributed by atoms with Crippen LogP contribution in [0.15, 0.2) is 0 Å². The zero-order chi connectivity index (χ0) is 11.5. The van der Waals surface area contributed by atoms with Crippen molar-refractivity contribution in [3.63, 3.8) is 0 Å². The minimum Gasteiger partial charge on any atom is -0.677 e. The Hall–Kier alpha value is 0.554. The first-order valence-electron chi connectivity index (χ1n) is 4.24. The van der Waals surface area contributed by atoms with E-state index in [1.165, 1.54) is 0 Å². The van der Waals surface area contributed by atoms with E-state index in [1.807, 2.05) is 6.92 Å². The molecule has 0 aromatic heterocycles. The summed E-state index contributed by atoms with van der Waals surface area (Å²) in [6.45, 7) is 2.56. The van der Waals surface area contributed by atoms with E-state index in [4.69, 9.17) is 5.73 Å². The second-order valence-corrected chi connectivity index (χ2v) is 2.09. The summed E-state index contributed by atoms with van der Waals surface area (Å²) >= 11 is 0. The molecule has 0 aliphatic rings. The molecule has 5 heteroatoms. The second kappa shape index (κ2) is 69.2. The van der Waals surface area contributed by atoms with Crippen LogP contribution < -0.4 is 0 Å². The van der Waals surface area contributed by atoms with E-state index in [-0.39, 0.29) is 21.7 Å². The van der Waals surface area contributed by atoms with Gasteiger partial charge in [0, 0.05) is 0 Å². The molecule has 4 nitrogen and oxygen atoms in total. The Bertz CT molecular complexity index is 33.2. The summed E-state index contributed by atoms with van der Waals surface area (Å²) in [4.78, 5) is 0. The Morgan fingerprint density at radius 1 is 0.786 bits per heavy atom. The van der Waals surface area contributed by atoms with Crippen molar-refractivity contribution in [2.24, 2.45) is 0 Å². The SMILES string of the molecule is CCC[NH-].C[N-]C.C[N-]C.C[N-]C.[Ti+4]. The topological polar surface area (TPSA) is 66.1 Å². The predicted molar refractivity (Wildman–Crippen MR) is 65.1 cm³/mol. The maximum absolute atomic E-state index is 6.45. The Morgan fingerprint density at radius 3 is 0.857 bits per heavy atom. The molecule has 0 atom stereocenters. The summed E-state index contributed by atoms with van der Waals surface area (Å²) in [7, 11) is 10.5. The summed E-state index contributed by atoms with van der Waals surface area (Å²) in [6.07, 6.45) is 0.986. The molecule has 0 saturated carbocycles. The molecular formula is C9H26N4Ti. The summed E-state index contributed by atoms with van der Waals surface area (Å²) < 4.78 is 0. The van der Waals surface area contributed by atoms with Crippen LogP contribution in [0.4, 0.5) is 0 Å². The number of nitrogens with zero attached hydrogens (tertiary/aromatic N) is 3. The molecule has 0 rings (SSSR count). The Morgan fingerprint density at radius 2 is 0.857 bits per heavy atom. The Balaban J connectivity index is -0.0000000254. The van der Waals surface area contributed by atoms with Crippen molar-refractivity contribution in [2.75, 3.05) is 48.8 Å². The van der Waals surface area contributed by atoms with E-state index in [1.54, 1.807) is 42.3 Å². The standard InChI is InChI=1S/C3H8N.3C2H6N.Ti/c1-2-3-4;3*1-3-2;/h4H,2-3H2,1H3;3*1-2H3;/q4*-1;+4. The molecule has 0 bridgehead atoms. The molecule has 0 fully saturated rings. The zero-order valence-electron chi connectivity index (χ0n) is 10.8. The molecular weight excluding hydrogens is 212 g/mol. The molecule has 0 aromatic rings. The molecule has 14 heavy (non-hydrogen) atoms. The minimum atomic E-state index is 0. The average molecular weight is 238 g/mol. The van der Waals surface area contributed by atoms with Crippen LogP contribution in [0.25, 0.3) is 21.7 Å². The van der Waals surface area contributed by atoms with Crippen molar-refractivity contribution < 1.29 is 21.7 Å². The molecule has 1 N–H and O–H groups in total. The fourth-order valence-corrected chi connectivity index (χ4v) is 0. The molecule has 0 aliphatic carbocycles. The van der Waals surface area contributed by atoms with Crippen LogP contribution in [0.2, 0.25) is 0 Å². The fourth-order valence-electron chi connectivity index (χ4n) is 0. The molecule has 0 spiro atoms. The zero-order valence-corrected chi connectivity index (χ0v) is 12.3. The first kappa shape index (κ1) is 29.3. The maximum Gasteiger partial charge on any atom is 4.00 e. The third-order valence-corrected chi connectivity index (χ3v) is 0.250. The largest absolute Gasteiger partial charge is 4.00 e. The summed E-state index contributed by atoms with van der Waals surface area (Å²) in [5.41, 5.74) is 6.45. The smallest absolute Gasteiger partial charge is 0.677 e. The molecule has 0 aromatic carbocycles. The molecule has 86 valence electrons. The van der Waals surface area contributed by atoms with E-state index in [0.29, 0.717) is 6.54 Å². The maximum atomic E-state index is 6.45. The van der Waals surface area contributed by atoms with Crippen LogP contribution in [-0.2, 0) is 21.7 Å². The summed E-state index contributed by atoms with van der Waals surface area (Å²) in [5.74, 6) is 0. The van der Waals surface area contributed by atoms with Crippen LogP contribution in [0.5, 0.6) is 0 Å². The molecule has 0 radical (unpaired) electrons.